The first-order chi connectivity index (χ1) is 15.8. The topological polar surface area (TPSA) is 73.5 Å². The molecule has 3 N–H and O–H groups in total. The normalized spacial score (nSPS) is 19.2. The summed E-state index contributed by atoms with van der Waals surface area (Å²) in [5, 5.41) is 6.81. The van der Waals surface area contributed by atoms with E-state index in [0.717, 1.165) is 46.6 Å². The smallest absolute Gasteiger partial charge is 0.262 e. The average Bonchev–Trinajstić information content (AvgIpc) is 3.24. The molecule has 0 bridgehead atoms. The fourth-order valence-corrected chi connectivity index (χ4v) is 7.06. The lowest BCUT2D eigenvalue weighted by atomic mass is 9.95. The van der Waals surface area contributed by atoms with Crippen molar-refractivity contribution in [2.45, 2.75) is 25.1 Å². The van der Waals surface area contributed by atoms with E-state index in [0.29, 0.717) is 17.0 Å². The molecule has 1 atom stereocenters. The van der Waals surface area contributed by atoms with Crippen molar-refractivity contribution in [2.24, 2.45) is 0 Å². The van der Waals surface area contributed by atoms with Crippen LogP contribution in [0.2, 0.25) is 0 Å². The molecule has 172 valence electrons. The Hall–Kier alpha value is -2.84. The van der Waals surface area contributed by atoms with Crippen molar-refractivity contribution in [1.29, 1.82) is 0 Å². The number of allylic oxidation sites excluding steroid dienone is 1. The zero-order chi connectivity index (χ0) is 23.2. The fourth-order valence-electron chi connectivity index (χ4n) is 4.48. The number of sulfonamides is 1. The van der Waals surface area contributed by atoms with Gasteiger partial charge in [0.2, 0.25) is 0 Å². The predicted octanol–water partition coefficient (Wildman–Crippen LogP) is 4.45. The number of fused-ring (bicyclic) bond motifs is 2. The number of nitrogens with one attached hydrogen (secondary N) is 3. The van der Waals surface area contributed by atoms with Crippen LogP contribution in [0.5, 0.6) is 0 Å². The van der Waals surface area contributed by atoms with Crippen LogP contribution in [0.4, 0.5) is 11.4 Å². The van der Waals surface area contributed by atoms with E-state index in [9.17, 15) is 8.42 Å². The molecule has 33 heavy (non-hydrogen) atoms. The third kappa shape index (κ3) is 4.13. The van der Waals surface area contributed by atoms with Gasteiger partial charge in [-0.25, -0.2) is 8.42 Å². The van der Waals surface area contributed by atoms with Crippen molar-refractivity contribution in [3.8, 4) is 0 Å². The summed E-state index contributed by atoms with van der Waals surface area (Å²) in [4.78, 5) is 3.58. The van der Waals surface area contributed by atoms with E-state index in [1.54, 1.807) is 11.8 Å². The van der Waals surface area contributed by atoms with Crippen LogP contribution in [0, 0.1) is 6.92 Å². The summed E-state index contributed by atoms with van der Waals surface area (Å²) < 4.78 is 30.0. The summed E-state index contributed by atoms with van der Waals surface area (Å²) in [5.74, 6) is 0. The predicted molar refractivity (Wildman–Crippen MR) is 138 cm³/mol. The SMILES string of the molecule is Cc1ccc(C2NC3=CCNC=C3S2)cc1NS(=O)(=O)C1=CCCc2c1cccc2N(C)C. The maximum absolute atomic E-state index is 13.5. The first-order valence-corrected chi connectivity index (χ1v) is 13.4. The molecule has 0 spiro atoms. The molecule has 8 heteroatoms. The molecule has 3 aliphatic rings. The molecule has 5 rings (SSSR count). The summed E-state index contributed by atoms with van der Waals surface area (Å²) in [6, 6.07) is 11.9. The van der Waals surface area contributed by atoms with Gasteiger partial charge < -0.3 is 15.5 Å². The number of hydrogen-bond acceptors (Lipinski definition) is 6. The summed E-state index contributed by atoms with van der Waals surface area (Å²) in [5.41, 5.74) is 6.61. The zero-order valence-electron chi connectivity index (χ0n) is 19.0. The summed E-state index contributed by atoms with van der Waals surface area (Å²) in [6.45, 7) is 2.74. The van der Waals surface area contributed by atoms with Crippen LogP contribution in [-0.2, 0) is 16.4 Å². The second-order valence-corrected chi connectivity index (χ2v) is 11.5. The van der Waals surface area contributed by atoms with E-state index in [-0.39, 0.29) is 5.37 Å². The third-order valence-corrected chi connectivity index (χ3v) is 8.85. The van der Waals surface area contributed by atoms with Crippen molar-refractivity contribution in [3.05, 3.63) is 87.6 Å². The highest BCUT2D eigenvalue weighted by atomic mass is 32.2. The Morgan fingerprint density at radius 2 is 2.00 bits per heavy atom. The van der Waals surface area contributed by atoms with E-state index < -0.39 is 10.0 Å². The number of nitrogens with zero attached hydrogens (tertiary/aromatic N) is 1. The molecule has 1 aliphatic carbocycles. The average molecular weight is 481 g/mol. The Morgan fingerprint density at radius 3 is 2.79 bits per heavy atom. The van der Waals surface area contributed by atoms with Crippen LogP contribution in [0.1, 0.15) is 34.0 Å². The molecule has 0 radical (unpaired) electrons. The maximum Gasteiger partial charge on any atom is 0.262 e. The van der Waals surface area contributed by atoms with E-state index >= 15 is 0 Å². The van der Waals surface area contributed by atoms with Gasteiger partial charge in [0.1, 0.15) is 5.37 Å². The van der Waals surface area contributed by atoms with Crippen LogP contribution in [0.15, 0.2) is 65.4 Å². The Balaban J connectivity index is 1.45. The van der Waals surface area contributed by atoms with Crippen molar-refractivity contribution in [1.82, 2.24) is 10.6 Å². The minimum Gasteiger partial charge on any atom is -0.386 e. The van der Waals surface area contributed by atoms with Gasteiger partial charge in [0.25, 0.3) is 10.0 Å². The molecule has 1 fully saturated rings. The highest BCUT2D eigenvalue weighted by Gasteiger charge is 2.29. The highest BCUT2D eigenvalue weighted by Crippen LogP contribution is 2.44. The van der Waals surface area contributed by atoms with E-state index in [2.05, 4.69) is 27.5 Å². The lowest BCUT2D eigenvalue weighted by Gasteiger charge is -2.25. The number of thioether (sulfide) groups is 1. The van der Waals surface area contributed by atoms with Gasteiger partial charge in [0.15, 0.2) is 0 Å². The van der Waals surface area contributed by atoms with Gasteiger partial charge in [-0.2, -0.15) is 0 Å². The molecule has 2 heterocycles. The highest BCUT2D eigenvalue weighted by molar-refractivity contribution is 8.03. The Labute approximate surface area is 199 Å². The van der Waals surface area contributed by atoms with Crippen LogP contribution >= 0.6 is 11.8 Å². The molecular formula is C25H28N4O2S2. The molecule has 2 aromatic carbocycles. The molecule has 1 saturated heterocycles. The number of hydrogen-bond donors (Lipinski definition) is 3. The van der Waals surface area contributed by atoms with Crippen molar-refractivity contribution < 1.29 is 8.42 Å². The maximum atomic E-state index is 13.5. The number of aryl methyl sites for hydroxylation is 1. The van der Waals surface area contributed by atoms with Crippen LogP contribution < -0.4 is 20.3 Å². The summed E-state index contributed by atoms with van der Waals surface area (Å²) in [6.07, 6.45) is 7.54. The van der Waals surface area contributed by atoms with Gasteiger partial charge in [0, 0.05) is 43.1 Å². The monoisotopic (exact) mass is 480 g/mol. The van der Waals surface area contributed by atoms with Crippen molar-refractivity contribution in [2.75, 3.05) is 30.3 Å². The molecule has 2 aromatic rings. The molecule has 1 unspecified atom stereocenters. The number of rotatable bonds is 5. The molecule has 0 saturated carbocycles. The first kappa shape index (κ1) is 22.0. The fraction of sp³-hybridized carbons (Fsp3) is 0.280. The van der Waals surface area contributed by atoms with Gasteiger partial charge in [-0.05, 0) is 60.2 Å². The summed E-state index contributed by atoms with van der Waals surface area (Å²) in [7, 11) is 0.234. The van der Waals surface area contributed by atoms with E-state index in [1.165, 1.54) is 4.91 Å². The second-order valence-electron chi connectivity index (χ2n) is 8.66. The van der Waals surface area contributed by atoms with Crippen LogP contribution in [0.25, 0.3) is 4.91 Å². The lowest BCUT2D eigenvalue weighted by Crippen LogP contribution is -2.20. The molecule has 2 aliphatic heterocycles. The quantitative estimate of drug-likeness (QED) is 0.587. The molecular weight excluding hydrogens is 452 g/mol. The molecule has 0 amide bonds. The Morgan fingerprint density at radius 1 is 1.15 bits per heavy atom. The minimum absolute atomic E-state index is 0.0449. The third-order valence-electron chi connectivity index (χ3n) is 6.17. The molecule has 6 nitrogen and oxygen atoms in total. The largest absolute Gasteiger partial charge is 0.386 e. The van der Waals surface area contributed by atoms with Crippen LogP contribution in [0.3, 0.4) is 0 Å². The van der Waals surface area contributed by atoms with Gasteiger partial charge in [-0.3, -0.25) is 4.72 Å². The Kier molecular flexibility index (Phi) is 5.66. The standard InChI is InChI=1S/C25H28N4O2S2/c1-16-10-11-17(25-27-20-12-13-26-15-23(20)32-25)14-21(16)28-33(30,31)24-9-5-6-18-19(24)7-4-8-22(18)29(2)3/h4,7-12,14-15,25-28H,5-6,13H2,1-3H3. The van der Waals surface area contributed by atoms with Gasteiger partial charge in [-0.1, -0.05) is 42.1 Å². The Bertz CT molecular complexity index is 1290. The number of dihydropyridines is 1. The number of benzene rings is 2. The second kappa shape index (κ2) is 8.50. The zero-order valence-corrected chi connectivity index (χ0v) is 20.6. The van der Waals surface area contributed by atoms with Crippen LogP contribution in [-0.4, -0.2) is 29.1 Å². The van der Waals surface area contributed by atoms with Crippen molar-refractivity contribution >= 4 is 38.1 Å². The van der Waals surface area contributed by atoms with Gasteiger partial charge in [-0.15, -0.1) is 0 Å². The van der Waals surface area contributed by atoms with Gasteiger partial charge >= 0.3 is 0 Å². The first-order valence-electron chi connectivity index (χ1n) is 11.0. The number of anilines is 2. The summed E-state index contributed by atoms with van der Waals surface area (Å²) >= 11 is 1.73. The van der Waals surface area contributed by atoms with Crippen molar-refractivity contribution in [3.63, 3.8) is 0 Å². The lowest BCUT2D eigenvalue weighted by molar-refractivity contribution is 0.610. The molecule has 0 aromatic heterocycles. The van der Waals surface area contributed by atoms with E-state index in [1.807, 2.05) is 68.5 Å². The minimum atomic E-state index is -3.74. The van der Waals surface area contributed by atoms with Gasteiger partial charge in [0.05, 0.1) is 10.6 Å². The van der Waals surface area contributed by atoms with E-state index in [4.69, 9.17) is 0 Å².